The lowest BCUT2D eigenvalue weighted by Gasteiger charge is -2.22. The molecule has 1 aliphatic rings. The molecule has 1 aromatic rings. The van der Waals surface area contributed by atoms with E-state index in [0.29, 0.717) is 11.9 Å². The molecule has 0 bridgehead atoms. The summed E-state index contributed by atoms with van der Waals surface area (Å²) in [4.78, 5) is 8.72. The van der Waals surface area contributed by atoms with Crippen LogP contribution in [-0.4, -0.2) is 36.3 Å². The minimum Gasteiger partial charge on any atom is -0.381 e. The Bertz CT molecular complexity index is 396. The Hall–Kier alpha value is -0.880. The second-order valence-electron chi connectivity index (χ2n) is 4.75. The van der Waals surface area contributed by atoms with Crippen LogP contribution in [0.25, 0.3) is 0 Å². The van der Waals surface area contributed by atoms with Gasteiger partial charge in [0.15, 0.2) is 0 Å². The van der Waals surface area contributed by atoms with Crippen molar-refractivity contribution >= 4 is 27.7 Å². The Labute approximate surface area is 122 Å². The first kappa shape index (κ1) is 14.5. The first-order chi connectivity index (χ1) is 9.29. The number of nitrogens with zero attached hydrogens (tertiary/aromatic N) is 2. The molecular weight excluding hydrogens is 308 g/mol. The zero-order chi connectivity index (χ0) is 13.5. The third-order valence-corrected chi connectivity index (χ3v) is 3.76. The van der Waals surface area contributed by atoms with Gasteiger partial charge in [-0.2, -0.15) is 4.98 Å². The minimum atomic E-state index is 0.669. The van der Waals surface area contributed by atoms with E-state index in [9.17, 15) is 0 Å². The Kier molecular flexibility index (Phi) is 5.85. The number of rotatable bonds is 6. The average Bonchev–Trinajstić information content (AvgIpc) is 2.46. The topological polar surface area (TPSA) is 59.1 Å². The number of nitrogens with one attached hydrogen (secondary N) is 2. The Morgan fingerprint density at radius 2 is 2.16 bits per heavy atom. The maximum Gasteiger partial charge on any atom is 0.224 e. The van der Waals surface area contributed by atoms with Gasteiger partial charge in [0.25, 0.3) is 0 Å². The Morgan fingerprint density at radius 3 is 2.89 bits per heavy atom. The predicted octanol–water partition coefficient (Wildman–Crippen LogP) is 2.90. The van der Waals surface area contributed by atoms with Crippen LogP contribution in [0.5, 0.6) is 0 Å². The van der Waals surface area contributed by atoms with Crippen molar-refractivity contribution in [1.29, 1.82) is 0 Å². The molecule has 5 nitrogen and oxygen atoms in total. The fraction of sp³-hybridized carbons (Fsp3) is 0.692. The molecule has 1 saturated heterocycles. The van der Waals surface area contributed by atoms with E-state index in [-0.39, 0.29) is 0 Å². The van der Waals surface area contributed by atoms with Gasteiger partial charge in [-0.05, 0) is 41.1 Å². The summed E-state index contributed by atoms with van der Waals surface area (Å²) in [6.07, 6.45) is 5.09. The summed E-state index contributed by atoms with van der Waals surface area (Å²) in [6, 6.07) is 0. The molecule has 106 valence electrons. The highest BCUT2D eigenvalue weighted by Gasteiger charge is 2.14. The normalized spacial score (nSPS) is 16.3. The van der Waals surface area contributed by atoms with Gasteiger partial charge in [0, 0.05) is 32.5 Å². The van der Waals surface area contributed by atoms with Crippen LogP contribution in [0.2, 0.25) is 0 Å². The number of aromatic nitrogens is 2. The molecule has 1 aliphatic heterocycles. The standard InChI is InChI=1S/C13H21BrN4O/c1-2-5-15-13-17-9-11(14)12(18-13)16-8-10-3-6-19-7-4-10/h9-10H,2-8H2,1H3,(H2,15,16,17,18). The lowest BCUT2D eigenvalue weighted by Crippen LogP contribution is -2.23. The number of ether oxygens (including phenoxy) is 1. The fourth-order valence-electron chi connectivity index (χ4n) is 2.00. The van der Waals surface area contributed by atoms with Crippen molar-refractivity contribution < 1.29 is 4.74 Å². The summed E-state index contributed by atoms with van der Waals surface area (Å²) in [5, 5.41) is 6.60. The van der Waals surface area contributed by atoms with Gasteiger partial charge in [-0.1, -0.05) is 6.92 Å². The molecule has 0 aromatic carbocycles. The minimum absolute atomic E-state index is 0.669. The maximum absolute atomic E-state index is 5.37. The molecule has 0 radical (unpaired) electrons. The first-order valence-electron chi connectivity index (χ1n) is 6.87. The molecule has 1 aromatic heterocycles. The van der Waals surface area contributed by atoms with Crippen LogP contribution in [0, 0.1) is 5.92 Å². The van der Waals surface area contributed by atoms with Crippen molar-refractivity contribution in [2.24, 2.45) is 5.92 Å². The Morgan fingerprint density at radius 1 is 1.37 bits per heavy atom. The second kappa shape index (κ2) is 7.65. The van der Waals surface area contributed by atoms with Gasteiger partial charge in [0.2, 0.25) is 5.95 Å². The van der Waals surface area contributed by atoms with Crippen LogP contribution >= 0.6 is 15.9 Å². The summed E-state index contributed by atoms with van der Waals surface area (Å²) in [5.74, 6) is 2.21. The van der Waals surface area contributed by atoms with E-state index in [1.165, 1.54) is 0 Å². The van der Waals surface area contributed by atoms with E-state index in [1.807, 2.05) is 0 Å². The van der Waals surface area contributed by atoms with E-state index in [4.69, 9.17) is 4.74 Å². The second-order valence-corrected chi connectivity index (χ2v) is 5.61. The SMILES string of the molecule is CCCNc1ncc(Br)c(NCC2CCOCC2)n1. The molecule has 0 atom stereocenters. The molecular formula is C13H21BrN4O. The highest BCUT2D eigenvalue weighted by atomic mass is 79.9. The summed E-state index contributed by atoms with van der Waals surface area (Å²) in [6.45, 7) is 5.70. The molecule has 0 aliphatic carbocycles. The van der Waals surface area contributed by atoms with Crippen LogP contribution in [0.3, 0.4) is 0 Å². The molecule has 0 amide bonds. The molecule has 0 spiro atoms. The molecule has 2 rings (SSSR count). The van der Waals surface area contributed by atoms with Gasteiger partial charge < -0.3 is 15.4 Å². The number of hydrogen-bond acceptors (Lipinski definition) is 5. The summed E-state index contributed by atoms with van der Waals surface area (Å²) in [5.41, 5.74) is 0. The number of anilines is 2. The van der Waals surface area contributed by atoms with Gasteiger partial charge >= 0.3 is 0 Å². The predicted molar refractivity (Wildman–Crippen MR) is 80.5 cm³/mol. The number of hydrogen-bond donors (Lipinski definition) is 2. The van der Waals surface area contributed by atoms with E-state index in [2.05, 4.69) is 43.5 Å². The van der Waals surface area contributed by atoms with Crippen molar-refractivity contribution in [2.75, 3.05) is 36.9 Å². The largest absolute Gasteiger partial charge is 0.381 e. The molecule has 0 unspecified atom stereocenters. The fourth-order valence-corrected chi connectivity index (χ4v) is 2.34. The lowest BCUT2D eigenvalue weighted by molar-refractivity contribution is 0.0699. The van der Waals surface area contributed by atoms with Crippen molar-refractivity contribution in [3.05, 3.63) is 10.7 Å². The monoisotopic (exact) mass is 328 g/mol. The van der Waals surface area contributed by atoms with E-state index in [0.717, 1.165) is 55.9 Å². The van der Waals surface area contributed by atoms with Crippen LogP contribution in [0.1, 0.15) is 26.2 Å². The smallest absolute Gasteiger partial charge is 0.224 e. The summed E-state index contributed by atoms with van der Waals surface area (Å²) in [7, 11) is 0. The summed E-state index contributed by atoms with van der Waals surface area (Å²) < 4.78 is 6.27. The van der Waals surface area contributed by atoms with E-state index in [1.54, 1.807) is 6.20 Å². The summed E-state index contributed by atoms with van der Waals surface area (Å²) >= 11 is 3.48. The first-order valence-corrected chi connectivity index (χ1v) is 7.67. The molecule has 19 heavy (non-hydrogen) atoms. The highest BCUT2D eigenvalue weighted by Crippen LogP contribution is 2.22. The highest BCUT2D eigenvalue weighted by molar-refractivity contribution is 9.10. The quantitative estimate of drug-likeness (QED) is 0.840. The van der Waals surface area contributed by atoms with Crippen LogP contribution in [0.15, 0.2) is 10.7 Å². The number of halogens is 1. The molecule has 2 N–H and O–H groups in total. The molecule has 6 heteroatoms. The average molecular weight is 329 g/mol. The van der Waals surface area contributed by atoms with Gasteiger partial charge in [-0.3, -0.25) is 0 Å². The zero-order valence-electron chi connectivity index (χ0n) is 11.3. The third-order valence-electron chi connectivity index (χ3n) is 3.18. The molecule has 0 saturated carbocycles. The van der Waals surface area contributed by atoms with Crippen LogP contribution in [0.4, 0.5) is 11.8 Å². The molecule has 2 heterocycles. The third kappa shape index (κ3) is 4.62. The lowest BCUT2D eigenvalue weighted by atomic mass is 10.0. The van der Waals surface area contributed by atoms with E-state index < -0.39 is 0 Å². The Balaban J connectivity index is 1.90. The zero-order valence-corrected chi connectivity index (χ0v) is 12.9. The van der Waals surface area contributed by atoms with Crippen LogP contribution < -0.4 is 10.6 Å². The van der Waals surface area contributed by atoms with Crippen LogP contribution in [-0.2, 0) is 4.74 Å². The van der Waals surface area contributed by atoms with Gasteiger partial charge in [0.05, 0.1) is 4.47 Å². The van der Waals surface area contributed by atoms with Gasteiger partial charge in [-0.15, -0.1) is 0 Å². The van der Waals surface area contributed by atoms with Crippen molar-refractivity contribution in [3.63, 3.8) is 0 Å². The van der Waals surface area contributed by atoms with Crippen molar-refractivity contribution in [3.8, 4) is 0 Å². The maximum atomic E-state index is 5.37. The van der Waals surface area contributed by atoms with Gasteiger partial charge in [0.1, 0.15) is 5.82 Å². The van der Waals surface area contributed by atoms with E-state index >= 15 is 0 Å². The van der Waals surface area contributed by atoms with Crippen molar-refractivity contribution in [1.82, 2.24) is 9.97 Å². The van der Waals surface area contributed by atoms with Crippen molar-refractivity contribution in [2.45, 2.75) is 26.2 Å². The molecule has 1 fully saturated rings. The van der Waals surface area contributed by atoms with Gasteiger partial charge in [-0.25, -0.2) is 4.98 Å².